The van der Waals surface area contributed by atoms with Crippen LogP contribution in [-0.4, -0.2) is 27.5 Å². The number of hydrogen-bond acceptors (Lipinski definition) is 5. The van der Waals surface area contributed by atoms with Gasteiger partial charge >= 0.3 is 5.97 Å². The summed E-state index contributed by atoms with van der Waals surface area (Å²) in [4.78, 5) is 12.2. The van der Waals surface area contributed by atoms with Gasteiger partial charge in [0.2, 0.25) is 10.0 Å². The number of sulfonamides is 1. The monoisotopic (exact) mass is 439 g/mol. The second-order valence-electron chi connectivity index (χ2n) is 5.96. The topological polar surface area (TPSA) is 81.7 Å². The Morgan fingerprint density at radius 3 is 2.50 bits per heavy atom. The van der Waals surface area contributed by atoms with Gasteiger partial charge in [0.15, 0.2) is 0 Å². The second kappa shape index (κ2) is 7.77. The average molecular weight is 440 g/mol. The molecule has 1 saturated carbocycles. The maximum atomic E-state index is 12.5. The van der Waals surface area contributed by atoms with Crippen molar-refractivity contribution in [1.82, 2.24) is 4.72 Å². The predicted octanol–water partition coefficient (Wildman–Crippen LogP) is 3.26. The van der Waals surface area contributed by atoms with Crippen molar-refractivity contribution in [2.24, 2.45) is 0 Å². The number of carbonyl (C=O) groups is 1. The molecular weight excluding hydrogens is 422 g/mol. The van der Waals surface area contributed by atoms with Gasteiger partial charge < -0.3 is 9.47 Å². The summed E-state index contributed by atoms with van der Waals surface area (Å²) < 4.78 is 38.9. The molecule has 2 aromatic carbocycles. The number of carbonyl (C=O) groups excluding carboxylic acids is 1. The molecule has 138 valence electrons. The van der Waals surface area contributed by atoms with E-state index < -0.39 is 16.0 Å². The summed E-state index contributed by atoms with van der Waals surface area (Å²) in [6, 6.07) is 11.6. The first-order chi connectivity index (χ1) is 12.4. The van der Waals surface area contributed by atoms with Crippen LogP contribution in [0.2, 0.25) is 0 Å². The number of ether oxygens (including phenoxy) is 2. The third-order valence-corrected chi connectivity index (χ3v) is 5.94. The van der Waals surface area contributed by atoms with E-state index in [1.54, 1.807) is 0 Å². The largest absolute Gasteiger partial charge is 0.495 e. The summed E-state index contributed by atoms with van der Waals surface area (Å²) >= 11 is 3.34. The van der Waals surface area contributed by atoms with Gasteiger partial charge in [0, 0.05) is 10.5 Å². The van der Waals surface area contributed by atoms with Crippen LogP contribution in [0.1, 0.15) is 28.8 Å². The number of methoxy groups -OCH3 is 1. The maximum absolute atomic E-state index is 12.5. The van der Waals surface area contributed by atoms with Crippen molar-refractivity contribution in [1.29, 1.82) is 0 Å². The average Bonchev–Trinajstić information content (AvgIpc) is 3.43. The lowest BCUT2D eigenvalue weighted by Gasteiger charge is -2.12. The van der Waals surface area contributed by atoms with Crippen molar-refractivity contribution >= 4 is 31.9 Å². The number of benzene rings is 2. The molecule has 2 aromatic rings. The molecule has 1 N–H and O–H groups in total. The highest BCUT2D eigenvalue weighted by atomic mass is 79.9. The summed E-state index contributed by atoms with van der Waals surface area (Å²) in [5.74, 6) is -0.416. The lowest BCUT2D eigenvalue weighted by molar-refractivity contribution is 0.0472. The first-order valence-electron chi connectivity index (χ1n) is 8.01. The quantitative estimate of drug-likeness (QED) is 0.669. The molecule has 0 saturated heterocycles. The van der Waals surface area contributed by atoms with Gasteiger partial charge in [0.25, 0.3) is 0 Å². The van der Waals surface area contributed by atoms with Gasteiger partial charge in [-0.3, -0.25) is 0 Å². The Hall–Kier alpha value is -1.90. The van der Waals surface area contributed by atoms with E-state index >= 15 is 0 Å². The minimum atomic E-state index is -3.76. The van der Waals surface area contributed by atoms with Crippen molar-refractivity contribution in [3.8, 4) is 5.75 Å². The fourth-order valence-electron chi connectivity index (χ4n) is 2.31. The Bertz CT molecular complexity index is 908. The summed E-state index contributed by atoms with van der Waals surface area (Å²) in [6.45, 7) is 0.0978. The van der Waals surface area contributed by atoms with Gasteiger partial charge in [-0.15, -0.1) is 0 Å². The van der Waals surface area contributed by atoms with Crippen molar-refractivity contribution in [3.05, 3.63) is 58.1 Å². The summed E-state index contributed by atoms with van der Waals surface area (Å²) in [6.07, 6.45) is 1.63. The summed E-state index contributed by atoms with van der Waals surface area (Å²) in [5, 5.41) is 0. The van der Waals surface area contributed by atoms with Gasteiger partial charge in [-0.2, -0.15) is 0 Å². The van der Waals surface area contributed by atoms with Crippen LogP contribution in [0, 0.1) is 0 Å². The minimum absolute atomic E-state index is 0.0438. The summed E-state index contributed by atoms with van der Waals surface area (Å²) in [5.41, 5.74) is 0.984. The van der Waals surface area contributed by atoms with Crippen LogP contribution in [0.4, 0.5) is 0 Å². The highest BCUT2D eigenvalue weighted by Gasteiger charge is 2.30. The van der Waals surface area contributed by atoms with Crippen molar-refractivity contribution in [3.63, 3.8) is 0 Å². The number of hydrogen-bond donors (Lipinski definition) is 1. The van der Waals surface area contributed by atoms with Gasteiger partial charge in [-0.1, -0.05) is 28.1 Å². The minimum Gasteiger partial charge on any atom is -0.495 e. The highest BCUT2D eigenvalue weighted by molar-refractivity contribution is 9.10. The molecule has 0 bridgehead atoms. The fraction of sp³-hybridized carbons (Fsp3) is 0.278. The molecule has 0 unspecified atom stereocenters. The molecule has 8 heteroatoms. The lowest BCUT2D eigenvalue weighted by atomic mass is 10.2. The van der Waals surface area contributed by atoms with E-state index in [0.717, 1.165) is 22.9 Å². The van der Waals surface area contributed by atoms with Crippen molar-refractivity contribution < 1.29 is 22.7 Å². The number of halogens is 1. The standard InChI is InChI=1S/C18H18BrNO5S/c1-24-16-9-4-13(10-17(16)26(22,23)20-15-7-8-15)18(21)25-11-12-2-5-14(19)6-3-12/h2-6,9-10,15,20H,7-8,11H2,1H3. The van der Waals surface area contributed by atoms with Gasteiger partial charge in [0.1, 0.15) is 17.3 Å². The molecule has 1 fully saturated rings. The third-order valence-electron chi connectivity index (χ3n) is 3.87. The molecule has 0 aromatic heterocycles. The molecule has 0 atom stereocenters. The van der Waals surface area contributed by atoms with Gasteiger partial charge in [-0.25, -0.2) is 17.9 Å². The molecule has 0 radical (unpaired) electrons. The first-order valence-corrected chi connectivity index (χ1v) is 10.3. The zero-order valence-corrected chi connectivity index (χ0v) is 16.5. The van der Waals surface area contributed by atoms with E-state index in [4.69, 9.17) is 9.47 Å². The number of esters is 1. The molecule has 0 spiro atoms. The van der Waals surface area contributed by atoms with Crippen LogP contribution in [0.3, 0.4) is 0 Å². The van der Waals surface area contributed by atoms with Gasteiger partial charge in [-0.05, 0) is 48.7 Å². The normalized spacial score (nSPS) is 14.1. The van der Waals surface area contributed by atoms with Crippen molar-refractivity contribution in [2.75, 3.05) is 7.11 Å². The molecule has 1 aliphatic rings. The number of rotatable bonds is 7. The van der Waals surface area contributed by atoms with Crippen LogP contribution in [0.25, 0.3) is 0 Å². The molecule has 0 heterocycles. The van der Waals surface area contributed by atoms with Crippen LogP contribution in [0.15, 0.2) is 51.8 Å². The Morgan fingerprint density at radius 2 is 1.88 bits per heavy atom. The molecule has 6 nitrogen and oxygen atoms in total. The first kappa shape index (κ1) is 18.9. The molecular formula is C18H18BrNO5S. The van der Waals surface area contributed by atoms with Gasteiger partial charge in [0.05, 0.1) is 12.7 Å². The molecule has 26 heavy (non-hydrogen) atoms. The zero-order chi connectivity index (χ0) is 18.7. The molecule has 0 aliphatic heterocycles. The Morgan fingerprint density at radius 1 is 1.19 bits per heavy atom. The lowest BCUT2D eigenvalue weighted by Crippen LogP contribution is -2.26. The summed E-state index contributed by atoms with van der Waals surface area (Å²) in [7, 11) is -2.37. The number of nitrogens with one attached hydrogen (secondary N) is 1. The Labute approximate surface area is 160 Å². The maximum Gasteiger partial charge on any atom is 0.338 e. The molecule has 0 amide bonds. The predicted molar refractivity (Wildman–Crippen MR) is 99.6 cm³/mol. The van der Waals surface area contributed by atoms with Crippen molar-refractivity contribution in [2.45, 2.75) is 30.4 Å². The highest BCUT2D eigenvalue weighted by Crippen LogP contribution is 2.28. The van der Waals surface area contributed by atoms with Crippen LogP contribution < -0.4 is 9.46 Å². The van der Waals surface area contributed by atoms with E-state index in [2.05, 4.69) is 20.7 Å². The Kier molecular flexibility index (Phi) is 5.64. The van der Waals surface area contributed by atoms with E-state index in [9.17, 15) is 13.2 Å². The van der Waals surface area contributed by atoms with E-state index in [1.807, 2.05) is 24.3 Å². The van der Waals surface area contributed by atoms with Crippen LogP contribution in [0.5, 0.6) is 5.75 Å². The van der Waals surface area contributed by atoms with E-state index in [-0.39, 0.29) is 28.9 Å². The fourth-order valence-corrected chi connectivity index (χ4v) is 4.07. The van der Waals surface area contributed by atoms with Crippen LogP contribution in [-0.2, 0) is 21.4 Å². The third kappa shape index (κ3) is 4.63. The SMILES string of the molecule is COc1ccc(C(=O)OCc2ccc(Br)cc2)cc1S(=O)(=O)NC1CC1. The molecule has 3 rings (SSSR count). The smallest absolute Gasteiger partial charge is 0.338 e. The van der Waals surface area contributed by atoms with E-state index in [0.29, 0.717) is 0 Å². The molecule has 1 aliphatic carbocycles. The zero-order valence-electron chi connectivity index (χ0n) is 14.1. The Balaban J connectivity index is 1.77. The van der Waals surface area contributed by atoms with E-state index in [1.165, 1.54) is 25.3 Å². The second-order valence-corrected chi connectivity index (χ2v) is 8.56. The van der Waals surface area contributed by atoms with Crippen LogP contribution >= 0.6 is 15.9 Å².